The lowest BCUT2D eigenvalue weighted by atomic mass is 10.3. The fourth-order valence-corrected chi connectivity index (χ4v) is 2.39. The van der Waals surface area contributed by atoms with Gasteiger partial charge in [-0.1, -0.05) is 0 Å². The van der Waals surface area contributed by atoms with Gasteiger partial charge in [0.1, 0.15) is 19.8 Å². The highest BCUT2D eigenvalue weighted by Crippen LogP contribution is 1.95. The van der Waals surface area contributed by atoms with E-state index in [0.717, 1.165) is 0 Å². The van der Waals surface area contributed by atoms with Crippen molar-refractivity contribution in [2.24, 2.45) is 0 Å². The molecule has 0 aromatic carbocycles. The van der Waals surface area contributed by atoms with E-state index in [2.05, 4.69) is 0 Å². The molecule has 0 aliphatic carbocycles. The van der Waals surface area contributed by atoms with Crippen LogP contribution < -0.4 is 0 Å². The van der Waals surface area contributed by atoms with Crippen molar-refractivity contribution in [3.05, 3.63) is 0 Å². The molecule has 17 nitrogen and oxygen atoms in total. The Kier molecular flexibility index (Phi) is 30.6. The molecule has 0 spiro atoms. The van der Waals surface area contributed by atoms with Gasteiger partial charge in [0.25, 0.3) is 0 Å². The topological polar surface area (TPSA) is 237 Å². The summed E-state index contributed by atoms with van der Waals surface area (Å²) in [5.74, 6) is -4.86. The van der Waals surface area contributed by atoms with Gasteiger partial charge < -0.3 is 53.2 Å². The Morgan fingerprint density at radius 2 is 0.605 bits per heavy atom. The number of carboxylic acids is 3. The minimum atomic E-state index is -1.06. The molecule has 0 bridgehead atoms. The van der Waals surface area contributed by atoms with E-state index in [1.165, 1.54) is 0 Å². The number of aliphatic carboxylic acids is 3. The molecule has 0 saturated carbocycles. The minimum Gasteiger partial charge on any atom is -0.481 e. The second-order valence-electron chi connectivity index (χ2n) is 7.99. The van der Waals surface area contributed by atoms with Crippen molar-refractivity contribution in [2.75, 3.05) is 85.9 Å². The Morgan fingerprint density at radius 1 is 0.372 bits per heavy atom. The van der Waals surface area contributed by atoms with E-state index in [4.69, 9.17) is 53.2 Å². The molecule has 0 heterocycles. The Morgan fingerprint density at radius 3 is 0.837 bits per heavy atom. The number of carbonyl (C=O) groups is 6. The fourth-order valence-electron chi connectivity index (χ4n) is 2.39. The zero-order chi connectivity index (χ0) is 32.6. The van der Waals surface area contributed by atoms with Crippen molar-refractivity contribution in [2.45, 2.75) is 45.4 Å². The summed E-state index contributed by atoms with van der Waals surface area (Å²) in [5, 5.41) is 25.1. The highest BCUT2D eigenvalue weighted by atomic mass is 16.6. The average Bonchev–Trinajstić information content (AvgIpc) is 2.96. The molecule has 0 saturated heterocycles. The summed E-state index contributed by atoms with van der Waals surface area (Å²) < 4.78 is 39.9. The van der Waals surface area contributed by atoms with Crippen molar-refractivity contribution in [1.82, 2.24) is 0 Å². The maximum absolute atomic E-state index is 11.1. The Hall–Kier alpha value is -3.38. The van der Waals surface area contributed by atoms with Gasteiger partial charge in [0, 0.05) is 6.61 Å². The molecule has 0 aliphatic heterocycles. The van der Waals surface area contributed by atoms with Gasteiger partial charge >= 0.3 is 35.8 Å². The van der Waals surface area contributed by atoms with E-state index < -0.39 is 35.8 Å². The van der Waals surface area contributed by atoms with Crippen LogP contribution in [0.2, 0.25) is 0 Å². The van der Waals surface area contributed by atoms with Crippen molar-refractivity contribution < 1.29 is 82.0 Å². The molecule has 17 heteroatoms. The van der Waals surface area contributed by atoms with E-state index in [1.54, 1.807) is 0 Å². The standard InChI is InChI=1S/C14H22O10.C12H22O7/c15-11(16)1-3-13(19)23-9-7-21-5-6-22-8-10-24-14(20)4-2-12(17)18;1-2-16-5-6-17-7-8-18-9-10-19-12(15)4-3-11(13)14/h1-10H2,(H,15,16)(H,17,18);2-10H2,1H3,(H,13,14). The largest absolute Gasteiger partial charge is 0.481 e. The van der Waals surface area contributed by atoms with E-state index in [9.17, 15) is 28.8 Å². The molecule has 0 aromatic rings. The van der Waals surface area contributed by atoms with Crippen LogP contribution in [0.1, 0.15) is 45.4 Å². The number of carbonyl (C=O) groups excluding carboxylic acids is 3. The summed E-state index contributed by atoms with van der Waals surface area (Å²) in [6.07, 6.45) is -1.22. The van der Waals surface area contributed by atoms with Gasteiger partial charge in [-0.3, -0.25) is 28.8 Å². The quantitative estimate of drug-likeness (QED) is 0.0600. The lowest BCUT2D eigenvalue weighted by molar-refractivity contribution is -0.149. The van der Waals surface area contributed by atoms with E-state index in [1.807, 2.05) is 6.92 Å². The predicted molar refractivity (Wildman–Crippen MR) is 143 cm³/mol. The molecule has 0 atom stereocenters. The van der Waals surface area contributed by atoms with Gasteiger partial charge in [-0.05, 0) is 6.92 Å². The molecule has 0 fully saturated rings. The van der Waals surface area contributed by atoms with E-state index in [0.29, 0.717) is 33.0 Å². The second-order valence-corrected chi connectivity index (χ2v) is 7.99. The first-order chi connectivity index (χ1) is 20.6. The minimum absolute atomic E-state index is 0.0274. The SMILES string of the molecule is CCOCCOCCOCCOC(=O)CCC(=O)O.O=C(O)CCC(=O)OCCOCCOCCOC(=O)CCC(=O)O. The maximum Gasteiger partial charge on any atom is 0.306 e. The molecule has 0 radical (unpaired) electrons. The predicted octanol–water partition coefficient (Wildman–Crippen LogP) is 0.300. The zero-order valence-corrected chi connectivity index (χ0v) is 24.5. The molecule has 0 aliphatic rings. The summed E-state index contributed by atoms with van der Waals surface area (Å²) in [4.78, 5) is 63.8. The Bertz CT molecular complexity index is 733. The number of hydrogen-bond donors (Lipinski definition) is 3. The first-order valence-electron chi connectivity index (χ1n) is 13.6. The summed E-state index contributed by atoms with van der Waals surface area (Å²) in [5.41, 5.74) is 0. The van der Waals surface area contributed by atoms with Crippen LogP contribution in [-0.2, 0) is 66.7 Å². The molecular formula is C26H44O17. The smallest absolute Gasteiger partial charge is 0.306 e. The normalized spacial score (nSPS) is 10.3. The van der Waals surface area contributed by atoms with Gasteiger partial charge in [-0.15, -0.1) is 0 Å². The van der Waals surface area contributed by atoms with Crippen molar-refractivity contribution in [1.29, 1.82) is 0 Å². The average molecular weight is 629 g/mol. The molecule has 43 heavy (non-hydrogen) atoms. The van der Waals surface area contributed by atoms with Gasteiger partial charge in [0.05, 0.1) is 98.0 Å². The third-order valence-corrected chi connectivity index (χ3v) is 4.42. The van der Waals surface area contributed by atoms with Crippen LogP contribution in [0, 0.1) is 0 Å². The maximum atomic E-state index is 11.1. The van der Waals surface area contributed by atoms with E-state index in [-0.39, 0.29) is 91.4 Å². The molecule has 0 unspecified atom stereocenters. The van der Waals surface area contributed by atoms with Crippen molar-refractivity contribution >= 4 is 35.8 Å². The summed E-state index contributed by atoms with van der Waals surface area (Å²) in [6, 6.07) is 0. The zero-order valence-electron chi connectivity index (χ0n) is 24.5. The second kappa shape index (κ2) is 31.6. The van der Waals surface area contributed by atoms with Gasteiger partial charge in [0.2, 0.25) is 0 Å². The van der Waals surface area contributed by atoms with E-state index >= 15 is 0 Å². The van der Waals surface area contributed by atoms with Crippen LogP contribution in [0.15, 0.2) is 0 Å². The summed E-state index contributed by atoms with van der Waals surface area (Å²) in [6.45, 7) is 5.83. The molecule has 0 amide bonds. The van der Waals surface area contributed by atoms with Crippen LogP contribution in [-0.4, -0.2) is 137 Å². The lowest BCUT2D eigenvalue weighted by Gasteiger charge is -2.07. The number of esters is 3. The molecule has 3 N–H and O–H groups in total. The fraction of sp³-hybridized carbons (Fsp3) is 0.769. The Balaban J connectivity index is 0. The van der Waals surface area contributed by atoms with Crippen molar-refractivity contribution in [3.63, 3.8) is 0 Å². The summed E-state index contributed by atoms with van der Waals surface area (Å²) >= 11 is 0. The number of rotatable bonds is 28. The van der Waals surface area contributed by atoms with Gasteiger partial charge in [0.15, 0.2) is 0 Å². The van der Waals surface area contributed by atoms with Crippen LogP contribution in [0.5, 0.6) is 0 Å². The van der Waals surface area contributed by atoms with Crippen LogP contribution in [0.25, 0.3) is 0 Å². The van der Waals surface area contributed by atoms with Crippen LogP contribution in [0.4, 0.5) is 0 Å². The highest BCUT2D eigenvalue weighted by Gasteiger charge is 2.08. The first-order valence-corrected chi connectivity index (χ1v) is 13.6. The van der Waals surface area contributed by atoms with Crippen LogP contribution >= 0.6 is 0 Å². The third kappa shape index (κ3) is 38.6. The number of carboxylic acid groups (broad SMARTS) is 3. The highest BCUT2D eigenvalue weighted by molar-refractivity contribution is 5.77. The van der Waals surface area contributed by atoms with Gasteiger partial charge in [-0.2, -0.15) is 0 Å². The molecule has 0 rings (SSSR count). The third-order valence-electron chi connectivity index (χ3n) is 4.42. The first kappa shape index (κ1) is 41.8. The summed E-state index contributed by atoms with van der Waals surface area (Å²) in [7, 11) is 0. The van der Waals surface area contributed by atoms with Crippen molar-refractivity contribution in [3.8, 4) is 0 Å². The van der Waals surface area contributed by atoms with Gasteiger partial charge in [-0.25, -0.2) is 0 Å². The monoisotopic (exact) mass is 628 g/mol. The molecule has 0 aromatic heterocycles. The number of ether oxygens (including phenoxy) is 8. The molecule has 250 valence electrons. The van der Waals surface area contributed by atoms with Crippen LogP contribution in [0.3, 0.4) is 0 Å². The number of hydrogen-bond acceptors (Lipinski definition) is 14. The lowest BCUT2D eigenvalue weighted by Crippen LogP contribution is -2.15. The Labute approximate surface area is 249 Å². The molecular weight excluding hydrogens is 584 g/mol.